The Hall–Kier alpha value is -4.30. The van der Waals surface area contributed by atoms with Gasteiger partial charge in [0.25, 0.3) is 5.69 Å². The van der Waals surface area contributed by atoms with Crippen LogP contribution < -0.4 is 15.2 Å². The van der Waals surface area contributed by atoms with Crippen LogP contribution >= 0.6 is 0 Å². The van der Waals surface area contributed by atoms with Gasteiger partial charge in [-0.05, 0) is 81.2 Å². The number of phenolic OH excluding ortho intramolecular Hbond substituents is 1. The zero-order valence-corrected chi connectivity index (χ0v) is 25.2. The summed E-state index contributed by atoms with van der Waals surface area (Å²) in [5.74, 6) is 0.440. The summed E-state index contributed by atoms with van der Waals surface area (Å²) in [4.78, 5) is 15.5. The lowest BCUT2D eigenvalue weighted by Gasteiger charge is -2.26. The summed E-state index contributed by atoms with van der Waals surface area (Å²) in [6.45, 7) is 7.20. The number of pyridine rings is 2. The predicted molar refractivity (Wildman–Crippen MR) is 164 cm³/mol. The molecular weight excluding hydrogens is 526 g/mol. The highest BCUT2D eigenvalue weighted by Crippen LogP contribution is 2.37. The molecule has 1 unspecified atom stereocenters. The largest absolute Gasteiger partial charge is 0.858 e. The van der Waals surface area contributed by atoms with Gasteiger partial charge in [-0.25, -0.2) is 0 Å². The number of azo groups is 1. The van der Waals surface area contributed by atoms with Crippen LogP contribution in [0.15, 0.2) is 94.1 Å². The molecule has 1 atom stereocenters. The van der Waals surface area contributed by atoms with Gasteiger partial charge in [-0.2, -0.15) is 9.68 Å². The number of benzene rings is 2. The molecule has 0 saturated heterocycles. The van der Waals surface area contributed by atoms with Crippen LogP contribution in [-0.2, 0) is 6.54 Å². The minimum atomic E-state index is -0.432. The average Bonchev–Trinajstić information content (AvgIpc) is 2.99. The Kier molecular flexibility index (Phi) is 10.3. The van der Waals surface area contributed by atoms with E-state index in [-0.39, 0.29) is 22.9 Å². The van der Waals surface area contributed by atoms with Gasteiger partial charge in [-0.3, -0.25) is 4.79 Å². The van der Waals surface area contributed by atoms with Crippen LogP contribution in [0.5, 0.6) is 11.6 Å². The lowest BCUT2D eigenvalue weighted by atomic mass is 9.78. The minimum Gasteiger partial charge on any atom is -0.858 e. The van der Waals surface area contributed by atoms with Crippen molar-refractivity contribution in [1.82, 2.24) is 9.47 Å². The van der Waals surface area contributed by atoms with Gasteiger partial charge in [0.15, 0.2) is 12.4 Å². The van der Waals surface area contributed by atoms with Crippen molar-refractivity contribution >= 4 is 11.4 Å². The number of aromatic nitrogens is 2. The van der Waals surface area contributed by atoms with Crippen molar-refractivity contribution in [3.05, 3.63) is 106 Å². The van der Waals surface area contributed by atoms with E-state index in [0.29, 0.717) is 35.8 Å². The van der Waals surface area contributed by atoms with Crippen LogP contribution in [-0.4, -0.2) is 35.2 Å². The van der Waals surface area contributed by atoms with Crippen molar-refractivity contribution in [3.8, 4) is 17.3 Å². The molecule has 0 fully saturated rings. The summed E-state index contributed by atoms with van der Waals surface area (Å²) in [6.07, 6.45) is 6.30. The first-order chi connectivity index (χ1) is 20.2. The monoisotopic (exact) mass is 567 g/mol. The standard InChI is InChI=1S/C34H41N5O3/c1-6-25(7-2)30(27-14-18-29(40)19-15-27)26-12-16-28(17-13-26)35-36-31-24(3)32(38-21-9-8-10-22-38)34(42)39(33(31)41)23-11-20-37(4)5/h8-10,12-19,21-22,25,30H,6-7,11,20,23H2,1-5H3,(H-,35,40,41,42). The van der Waals surface area contributed by atoms with Crippen molar-refractivity contribution in [2.45, 2.75) is 52.5 Å². The summed E-state index contributed by atoms with van der Waals surface area (Å²) >= 11 is 0. The van der Waals surface area contributed by atoms with Crippen LogP contribution in [0, 0.1) is 12.8 Å². The minimum absolute atomic E-state index is 0.161. The Balaban J connectivity index is 1.71. The molecule has 8 nitrogen and oxygen atoms in total. The number of phenols is 1. The Morgan fingerprint density at radius 3 is 2.10 bits per heavy atom. The molecule has 42 heavy (non-hydrogen) atoms. The molecule has 0 bridgehead atoms. The van der Waals surface area contributed by atoms with E-state index in [9.17, 15) is 15.0 Å². The van der Waals surface area contributed by atoms with Gasteiger partial charge in [0.05, 0.1) is 11.3 Å². The SMILES string of the molecule is CCC(CC)C(c1ccc(O)cc1)c1ccc(N=Nc2c(C)c(-[n+]3ccccc3)c(=O)n(CCCN(C)C)c2[O-])cc1. The maximum atomic E-state index is 13.5. The van der Waals surface area contributed by atoms with Gasteiger partial charge >= 0.3 is 5.56 Å². The Labute approximate surface area is 248 Å². The van der Waals surface area contributed by atoms with E-state index < -0.39 is 5.88 Å². The molecule has 0 aliphatic rings. The van der Waals surface area contributed by atoms with Crippen molar-refractivity contribution in [2.24, 2.45) is 16.1 Å². The summed E-state index contributed by atoms with van der Waals surface area (Å²) in [6, 6.07) is 20.9. The van der Waals surface area contributed by atoms with Crippen LogP contribution in [0.1, 0.15) is 55.7 Å². The number of hydrogen-bond donors (Lipinski definition) is 1. The van der Waals surface area contributed by atoms with Crippen LogP contribution in [0.3, 0.4) is 0 Å². The normalized spacial score (nSPS) is 12.5. The van der Waals surface area contributed by atoms with E-state index in [1.54, 1.807) is 36.0 Å². The molecule has 0 aliphatic carbocycles. The van der Waals surface area contributed by atoms with Gasteiger partial charge in [0.1, 0.15) is 11.4 Å². The van der Waals surface area contributed by atoms with Gasteiger partial charge < -0.3 is 19.7 Å². The fourth-order valence-electron chi connectivity index (χ4n) is 5.53. The predicted octanol–water partition coefficient (Wildman–Crippen LogP) is 6.15. The second kappa shape index (κ2) is 14.0. The second-order valence-electron chi connectivity index (χ2n) is 11.0. The molecular formula is C34H41N5O3. The number of rotatable bonds is 12. The van der Waals surface area contributed by atoms with E-state index >= 15 is 0 Å². The van der Waals surface area contributed by atoms with Crippen molar-refractivity contribution in [1.29, 1.82) is 0 Å². The Bertz CT molecular complexity index is 1540. The average molecular weight is 568 g/mol. The molecule has 0 saturated carbocycles. The third-order valence-corrected chi connectivity index (χ3v) is 7.86. The molecule has 0 radical (unpaired) electrons. The highest BCUT2D eigenvalue weighted by atomic mass is 16.3. The van der Waals surface area contributed by atoms with E-state index in [2.05, 4.69) is 36.2 Å². The fourth-order valence-corrected chi connectivity index (χ4v) is 5.53. The molecule has 1 N–H and O–H groups in total. The maximum absolute atomic E-state index is 13.5. The molecule has 0 aliphatic heterocycles. The van der Waals surface area contributed by atoms with E-state index in [1.807, 2.05) is 61.5 Å². The first-order valence-electron chi connectivity index (χ1n) is 14.6. The van der Waals surface area contributed by atoms with Crippen molar-refractivity contribution in [3.63, 3.8) is 0 Å². The third kappa shape index (κ3) is 6.94. The number of hydrogen-bond acceptors (Lipinski definition) is 6. The molecule has 4 aromatic rings. The quantitative estimate of drug-likeness (QED) is 0.164. The summed E-state index contributed by atoms with van der Waals surface area (Å²) in [5.41, 5.74) is 3.64. The van der Waals surface area contributed by atoms with E-state index in [0.717, 1.165) is 30.5 Å². The van der Waals surface area contributed by atoms with Gasteiger partial charge in [-0.1, -0.05) is 57.0 Å². The maximum Gasteiger partial charge on any atom is 0.323 e. The molecule has 2 aromatic carbocycles. The van der Waals surface area contributed by atoms with Crippen LogP contribution in [0.4, 0.5) is 11.4 Å². The summed E-state index contributed by atoms with van der Waals surface area (Å²) in [5, 5.41) is 32.2. The molecule has 220 valence electrons. The molecule has 8 heteroatoms. The van der Waals surface area contributed by atoms with E-state index in [4.69, 9.17) is 0 Å². The van der Waals surface area contributed by atoms with Gasteiger partial charge in [0.2, 0.25) is 0 Å². The zero-order chi connectivity index (χ0) is 30.2. The van der Waals surface area contributed by atoms with E-state index in [1.165, 1.54) is 4.57 Å². The molecule has 0 spiro atoms. The zero-order valence-electron chi connectivity index (χ0n) is 25.2. The second-order valence-corrected chi connectivity index (χ2v) is 11.0. The van der Waals surface area contributed by atoms with Crippen molar-refractivity contribution in [2.75, 3.05) is 20.6 Å². The summed E-state index contributed by atoms with van der Waals surface area (Å²) < 4.78 is 3.01. The Morgan fingerprint density at radius 2 is 1.52 bits per heavy atom. The van der Waals surface area contributed by atoms with Crippen LogP contribution in [0.25, 0.3) is 5.69 Å². The third-order valence-electron chi connectivity index (χ3n) is 7.86. The fraction of sp³-hybridized carbons (Fsp3) is 0.353. The van der Waals surface area contributed by atoms with Crippen LogP contribution in [0.2, 0.25) is 0 Å². The lowest BCUT2D eigenvalue weighted by molar-refractivity contribution is -0.597. The highest BCUT2D eigenvalue weighted by Gasteiger charge is 2.24. The first-order valence-corrected chi connectivity index (χ1v) is 14.6. The van der Waals surface area contributed by atoms with Gasteiger partial charge in [0, 0.05) is 24.6 Å². The topological polar surface area (TPSA) is 97.1 Å². The Morgan fingerprint density at radius 1 is 0.929 bits per heavy atom. The molecule has 4 rings (SSSR count). The number of nitrogens with zero attached hydrogens (tertiary/aromatic N) is 5. The highest BCUT2D eigenvalue weighted by molar-refractivity contribution is 5.58. The molecule has 2 aromatic heterocycles. The molecule has 2 heterocycles. The van der Waals surface area contributed by atoms with Crippen molar-refractivity contribution < 1.29 is 14.8 Å². The van der Waals surface area contributed by atoms with Gasteiger partial charge in [-0.15, -0.1) is 5.11 Å². The lowest BCUT2D eigenvalue weighted by Crippen LogP contribution is -2.41. The summed E-state index contributed by atoms with van der Waals surface area (Å²) in [7, 11) is 3.92. The number of aromatic hydroxyl groups is 1. The molecule has 0 amide bonds. The smallest absolute Gasteiger partial charge is 0.323 e. The first kappa shape index (κ1) is 30.7.